The summed E-state index contributed by atoms with van der Waals surface area (Å²) in [5, 5.41) is 2.96. The number of anilines is 1. The Labute approximate surface area is 248 Å². The molecule has 44 heavy (non-hydrogen) atoms. The maximum absolute atomic E-state index is 13.4. The highest BCUT2D eigenvalue weighted by molar-refractivity contribution is 7.90. The monoisotopic (exact) mass is 643 g/mol. The predicted molar refractivity (Wildman–Crippen MR) is 145 cm³/mol. The SMILES string of the molecule is CS(=O)(=O)c1ccc(N2CCOCC2)c(C(=O)N2Cc3cnc(C(F)(F)F)cc3C2)c1.FC(F)(F)c1cc2c(cn1)CNC2. The zero-order chi connectivity index (χ0) is 31.9. The molecule has 236 valence electrons. The van der Waals surface area contributed by atoms with Crippen LogP contribution in [0.3, 0.4) is 0 Å². The molecule has 6 rings (SSSR count). The number of pyridine rings is 2. The topological polar surface area (TPSA) is 105 Å². The minimum Gasteiger partial charge on any atom is -0.378 e. The van der Waals surface area contributed by atoms with Gasteiger partial charge in [0.25, 0.3) is 5.91 Å². The zero-order valence-corrected chi connectivity index (χ0v) is 24.1. The van der Waals surface area contributed by atoms with Crippen LogP contribution in [0.2, 0.25) is 0 Å². The lowest BCUT2D eigenvalue weighted by molar-refractivity contribution is -0.142. The number of carbonyl (C=O) groups excluding carboxylic acids is 1. The lowest BCUT2D eigenvalue weighted by atomic mass is 10.1. The van der Waals surface area contributed by atoms with E-state index in [1.807, 2.05) is 4.90 Å². The van der Waals surface area contributed by atoms with Crippen LogP contribution in [0.25, 0.3) is 0 Å². The Morgan fingerprint density at radius 2 is 1.41 bits per heavy atom. The summed E-state index contributed by atoms with van der Waals surface area (Å²) in [7, 11) is -3.55. The lowest BCUT2D eigenvalue weighted by Gasteiger charge is -2.31. The fourth-order valence-corrected chi connectivity index (χ4v) is 5.73. The van der Waals surface area contributed by atoms with Crippen molar-refractivity contribution in [2.75, 3.05) is 37.5 Å². The summed E-state index contributed by atoms with van der Waals surface area (Å²) in [4.78, 5) is 23.5. The van der Waals surface area contributed by atoms with Crippen molar-refractivity contribution in [2.24, 2.45) is 0 Å². The third-order valence-electron chi connectivity index (χ3n) is 7.37. The second kappa shape index (κ2) is 12.0. The highest BCUT2D eigenvalue weighted by atomic mass is 32.2. The fourth-order valence-electron chi connectivity index (χ4n) is 5.08. The zero-order valence-electron chi connectivity index (χ0n) is 23.3. The average molecular weight is 644 g/mol. The van der Waals surface area contributed by atoms with Crippen molar-refractivity contribution < 1.29 is 44.3 Å². The number of fused-ring (bicyclic) bond motifs is 2. The summed E-state index contributed by atoms with van der Waals surface area (Å²) >= 11 is 0. The van der Waals surface area contributed by atoms with Gasteiger partial charge in [-0.05, 0) is 52.6 Å². The van der Waals surface area contributed by atoms with E-state index >= 15 is 0 Å². The van der Waals surface area contributed by atoms with Crippen LogP contribution in [0.1, 0.15) is 44.0 Å². The Balaban J connectivity index is 0.000000245. The van der Waals surface area contributed by atoms with Crippen molar-refractivity contribution in [3.8, 4) is 0 Å². The number of aromatic nitrogens is 2. The Morgan fingerprint density at radius 3 is 2.02 bits per heavy atom. The number of ether oxygens (including phenoxy) is 1. The number of halogens is 6. The van der Waals surface area contributed by atoms with Crippen molar-refractivity contribution in [3.63, 3.8) is 0 Å². The molecule has 1 N–H and O–H groups in total. The second-order valence-corrected chi connectivity index (χ2v) is 12.5. The molecule has 1 amide bonds. The summed E-state index contributed by atoms with van der Waals surface area (Å²) in [6, 6.07) is 6.45. The number of carbonyl (C=O) groups is 1. The van der Waals surface area contributed by atoms with Crippen LogP contribution in [0.4, 0.5) is 32.0 Å². The number of hydrogen-bond donors (Lipinski definition) is 1. The first-order chi connectivity index (χ1) is 20.6. The maximum Gasteiger partial charge on any atom is 0.433 e. The van der Waals surface area contributed by atoms with Crippen LogP contribution in [0.15, 0.2) is 47.6 Å². The minimum atomic E-state index is -4.57. The number of alkyl halides is 6. The largest absolute Gasteiger partial charge is 0.433 e. The van der Waals surface area contributed by atoms with Gasteiger partial charge in [0.1, 0.15) is 11.4 Å². The van der Waals surface area contributed by atoms with E-state index in [0.717, 1.165) is 30.1 Å². The van der Waals surface area contributed by atoms with E-state index < -0.39 is 39.5 Å². The summed E-state index contributed by atoms with van der Waals surface area (Å²) in [5.41, 5.74) is 1.42. The normalized spacial score (nSPS) is 16.7. The first kappa shape index (κ1) is 31.7. The van der Waals surface area contributed by atoms with Gasteiger partial charge < -0.3 is 19.9 Å². The van der Waals surface area contributed by atoms with E-state index in [9.17, 15) is 39.6 Å². The van der Waals surface area contributed by atoms with Crippen LogP contribution in [-0.2, 0) is 53.1 Å². The number of nitrogens with one attached hydrogen (secondary N) is 1. The number of sulfone groups is 1. The molecule has 3 aliphatic heterocycles. The van der Waals surface area contributed by atoms with Crippen molar-refractivity contribution in [2.45, 2.75) is 43.4 Å². The highest BCUT2D eigenvalue weighted by Gasteiger charge is 2.36. The quantitative estimate of drug-likeness (QED) is 0.424. The Morgan fingerprint density at radius 1 is 0.841 bits per heavy atom. The van der Waals surface area contributed by atoms with Gasteiger partial charge >= 0.3 is 12.4 Å². The standard InChI is InChI=1S/C20H20F3N3O4S.C8H7F3N2/c1-31(28,29)15-2-3-17(25-4-6-30-7-5-25)16(9-15)19(27)26-11-13-8-18(20(21,22)23)24-10-14(13)12-26;9-8(10,11)7-1-5-2-12-3-6(5)4-13-7/h2-3,8-10H,4-7,11-12H2,1H3;1,4,12H,2-3H2. The summed E-state index contributed by atoms with van der Waals surface area (Å²) in [6.07, 6.45) is -5.42. The summed E-state index contributed by atoms with van der Waals surface area (Å²) in [6.45, 7) is 3.23. The molecule has 1 fully saturated rings. The highest BCUT2D eigenvalue weighted by Crippen LogP contribution is 2.34. The molecule has 0 bridgehead atoms. The van der Waals surface area contributed by atoms with E-state index in [0.29, 0.717) is 61.8 Å². The van der Waals surface area contributed by atoms with Crippen LogP contribution in [0.5, 0.6) is 0 Å². The molecule has 2 aromatic heterocycles. The van der Waals surface area contributed by atoms with Crippen molar-refractivity contribution in [1.29, 1.82) is 0 Å². The lowest BCUT2D eigenvalue weighted by Crippen LogP contribution is -2.38. The van der Waals surface area contributed by atoms with E-state index in [-0.39, 0.29) is 23.5 Å². The fraction of sp³-hybridized carbons (Fsp3) is 0.393. The van der Waals surface area contributed by atoms with Gasteiger partial charge in [0.05, 0.1) is 23.7 Å². The summed E-state index contributed by atoms with van der Waals surface area (Å²) in [5.74, 6) is -0.447. The molecular formula is C28H27F6N5O4S. The van der Waals surface area contributed by atoms with Gasteiger partial charge in [-0.25, -0.2) is 8.42 Å². The molecule has 0 unspecified atom stereocenters. The minimum absolute atomic E-state index is 0.00518. The third kappa shape index (κ3) is 6.97. The van der Waals surface area contributed by atoms with Gasteiger partial charge in [-0.2, -0.15) is 26.3 Å². The molecule has 3 aromatic rings. The van der Waals surface area contributed by atoms with E-state index in [1.54, 1.807) is 6.07 Å². The van der Waals surface area contributed by atoms with Gasteiger partial charge in [-0.15, -0.1) is 0 Å². The van der Waals surface area contributed by atoms with Crippen molar-refractivity contribution in [1.82, 2.24) is 20.2 Å². The first-order valence-electron chi connectivity index (χ1n) is 13.4. The number of morpholine rings is 1. The van der Waals surface area contributed by atoms with Gasteiger partial charge in [-0.3, -0.25) is 14.8 Å². The molecule has 16 heteroatoms. The van der Waals surface area contributed by atoms with Gasteiger partial charge in [0.2, 0.25) is 0 Å². The third-order valence-corrected chi connectivity index (χ3v) is 8.48. The Bertz CT molecular complexity index is 1670. The van der Waals surface area contributed by atoms with Gasteiger partial charge in [-0.1, -0.05) is 0 Å². The smallest absolute Gasteiger partial charge is 0.378 e. The molecule has 0 atom stereocenters. The number of rotatable bonds is 3. The number of hydrogen-bond acceptors (Lipinski definition) is 8. The molecule has 0 radical (unpaired) electrons. The van der Waals surface area contributed by atoms with Crippen LogP contribution >= 0.6 is 0 Å². The molecule has 9 nitrogen and oxygen atoms in total. The molecule has 0 aliphatic carbocycles. The van der Waals surface area contributed by atoms with Gasteiger partial charge in [0, 0.05) is 63.6 Å². The van der Waals surface area contributed by atoms with Crippen LogP contribution in [0, 0.1) is 0 Å². The summed E-state index contributed by atoms with van der Waals surface area (Å²) < 4.78 is 105. The Hall–Kier alpha value is -3.76. The molecule has 0 spiro atoms. The van der Waals surface area contributed by atoms with E-state index in [4.69, 9.17) is 4.74 Å². The number of benzene rings is 1. The van der Waals surface area contributed by atoms with Gasteiger partial charge in [0.15, 0.2) is 9.84 Å². The molecule has 1 aromatic carbocycles. The molecule has 1 saturated heterocycles. The van der Waals surface area contributed by atoms with E-state index in [2.05, 4.69) is 15.3 Å². The molecule has 5 heterocycles. The van der Waals surface area contributed by atoms with Crippen molar-refractivity contribution >= 4 is 21.4 Å². The average Bonchev–Trinajstić information content (AvgIpc) is 3.62. The molecule has 0 saturated carbocycles. The Kier molecular flexibility index (Phi) is 8.61. The van der Waals surface area contributed by atoms with E-state index in [1.165, 1.54) is 23.2 Å². The first-order valence-corrected chi connectivity index (χ1v) is 15.3. The predicted octanol–water partition coefficient (Wildman–Crippen LogP) is 4.20. The maximum atomic E-state index is 13.4. The van der Waals surface area contributed by atoms with Crippen LogP contribution in [-0.4, -0.2) is 61.8 Å². The molecule has 3 aliphatic rings. The molecular weight excluding hydrogens is 616 g/mol. The number of amides is 1. The second-order valence-electron chi connectivity index (χ2n) is 10.5. The van der Waals surface area contributed by atoms with Crippen LogP contribution < -0.4 is 10.2 Å². The van der Waals surface area contributed by atoms with Crippen molar-refractivity contribution in [3.05, 3.63) is 81.9 Å². The number of nitrogens with zero attached hydrogens (tertiary/aromatic N) is 4.